The van der Waals surface area contributed by atoms with Gasteiger partial charge in [0.1, 0.15) is 0 Å². The Hall–Kier alpha value is -2.02. The second-order valence-electron chi connectivity index (χ2n) is 4.62. The maximum atomic E-state index is 12.4. The summed E-state index contributed by atoms with van der Waals surface area (Å²) in [6.07, 6.45) is -2.91. The number of anilines is 1. The van der Waals surface area contributed by atoms with Gasteiger partial charge in [-0.3, -0.25) is 9.59 Å². The molecule has 0 radical (unpaired) electrons. The molecule has 2 N–H and O–H groups in total. The van der Waals surface area contributed by atoms with Crippen molar-refractivity contribution < 1.29 is 18.4 Å². The minimum absolute atomic E-state index is 0.134. The van der Waals surface area contributed by atoms with E-state index in [9.17, 15) is 18.4 Å². The first-order chi connectivity index (χ1) is 9.88. The lowest BCUT2D eigenvalue weighted by Crippen LogP contribution is -2.32. The number of benzene rings is 1. The normalized spacial score (nSPS) is 18.2. The van der Waals surface area contributed by atoms with Crippen molar-refractivity contribution in [2.24, 2.45) is 11.0 Å². The van der Waals surface area contributed by atoms with Crippen LogP contribution in [0.15, 0.2) is 23.3 Å². The summed E-state index contributed by atoms with van der Waals surface area (Å²) in [4.78, 5) is 22.4. The van der Waals surface area contributed by atoms with Crippen molar-refractivity contribution in [1.29, 1.82) is 0 Å². The number of alkyl halides is 2. The van der Waals surface area contributed by atoms with Crippen LogP contribution in [-0.2, 0) is 9.59 Å². The first-order valence-corrected chi connectivity index (χ1v) is 6.51. The Morgan fingerprint density at radius 1 is 1.52 bits per heavy atom. The number of hydrazone groups is 1. The third-order valence-corrected chi connectivity index (χ3v) is 3.21. The van der Waals surface area contributed by atoms with Gasteiger partial charge in [-0.05, 0) is 18.2 Å². The molecule has 112 valence electrons. The van der Waals surface area contributed by atoms with Crippen molar-refractivity contribution in [1.82, 2.24) is 5.43 Å². The molecule has 8 heteroatoms. The van der Waals surface area contributed by atoms with Gasteiger partial charge in [0.15, 0.2) is 0 Å². The number of carbonyl (C=O) groups excluding carboxylic acids is 2. The fourth-order valence-corrected chi connectivity index (χ4v) is 2.18. The molecule has 1 aromatic carbocycles. The van der Waals surface area contributed by atoms with E-state index in [0.29, 0.717) is 11.3 Å². The first-order valence-electron chi connectivity index (χ1n) is 6.14. The van der Waals surface area contributed by atoms with Crippen molar-refractivity contribution in [3.05, 3.63) is 28.8 Å². The highest BCUT2D eigenvalue weighted by Gasteiger charge is 2.25. The molecule has 1 aliphatic rings. The number of rotatable bonds is 3. The fourth-order valence-electron chi connectivity index (χ4n) is 2.01. The summed E-state index contributed by atoms with van der Waals surface area (Å²) in [5.41, 5.74) is 3.41. The number of amides is 2. The molecule has 1 aromatic rings. The van der Waals surface area contributed by atoms with Crippen LogP contribution >= 0.6 is 11.6 Å². The molecule has 2 amide bonds. The van der Waals surface area contributed by atoms with E-state index >= 15 is 0 Å². The maximum Gasteiger partial charge on any atom is 0.315 e. The summed E-state index contributed by atoms with van der Waals surface area (Å²) in [5.74, 6) is -1.85. The van der Waals surface area contributed by atoms with E-state index in [-0.39, 0.29) is 29.0 Å². The van der Waals surface area contributed by atoms with Crippen LogP contribution in [0, 0.1) is 5.92 Å². The summed E-state index contributed by atoms with van der Waals surface area (Å²) < 4.78 is 24.8. The Balaban J connectivity index is 2.39. The minimum atomic E-state index is -3.14. The molecular formula is C13H12ClF2N3O2. The molecular weight excluding hydrogens is 304 g/mol. The summed E-state index contributed by atoms with van der Waals surface area (Å²) in [5, 5.41) is 6.34. The van der Waals surface area contributed by atoms with Crippen LogP contribution in [0.3, 0.4) is 0 Å². The van der Waals surface area contributed by atoms with Crippen molar-refractivity contribution >= 4 is 34.8 Å². The van der Waals surface area contributed by atoms with Gasteiger partial charge in [0.25, 0.3) is 5.91 Å². The molecule has 1 aliphatic heterocycles. The standard InChI is InChI=1S/C13H12ClF2N3O2/c1-6-4-10(20)18-19-11(6)8-3-2-7(14)5-9(8)17-13(21)12(15)16/h2-3,5-6,12H,4H2,1H3,(H,17,21)(H,18,20). The average molecular weight is 316 g/mol. The predicted octanol–water partition coefficient (Wildman–Crippen LogP) is 2.40. The van der Waals surface area contributed by atoms with Crippen LogP contribution in [0.1, 0.15) is 18.9 Å². The smallest absolute Gasteiger partial charge is 0.315 e. The lowest BCUT2D eigenvalue weighted by Gasteiger charge is -2.21. The van der Waals surface area contributed by atoms with Gasteiger partial charge in [0, 0.05) is 22.9 Å². The third kappa shape index (κ3) is 3.55. The minimum Gasteiger partial charge on any atom is -0.320 e. The van der Waals surface area contributed by atoms with Gasteiger partial charge in [-0.15, -0.1) is 0 Å². The SMILES string of the molecule is CC1CC(=O)NN=C1c1ccc(Cl)cc1NC(=O)C(F)F. The molecule has 0 aliphatic carbocycles. The van der Waals surface area contributed by atoms with Crippen molar-refractivity contribution in [2.45, 2.75) is 19.8 Å². The maximum absolute atomic E-state index is 12.4. The van der Waals surface area contributed by atoms with Gasteiger partial charge in [-0.2, -0.15) is 13.9 Å². The van der Waals surface area contributed by atoms with Crippen LogP contribution in [0.25, 0.3) is 0 Å². The Morgan fingerprint density at radius 2 is 2.24 bits per heavy atom. The molecule has 0 spiro atoms. The number of nitrogens with one attached hydrogen (secondary N) is 2. The number of halogens is 3. The largest absolute Gasteiger partial charge is 0.320 e. The highest BCUT2D eigenvalue weighted by Crippen LogP contribution is 2.26. The van der Waals surface area contributed by atoms with Gasteiger partial charge in [0.05, 0.1) is 11.4 Å². The van der Waals surface area contributed by atoms with Gasteiger partial charge in [-0.1, -0.05) is 18.5 Å². The molecule has 1 atom stereocenters. The zero-order valence-electron chi connectivity index (χ0n) is 11.0. The molecule has 0 saturated carbocycles. The van der Waals surface area contributed by atoms with E-state index in [1.54, 1.807) is 19.1 Å². The van der Waals surface area contributed by atoms with E-state index in [0.717, 1.165) is 0 Å². The quantitative estimate of drug-likeness (QED) is 0.899. The van der Waals surface area contributed by atoms with E-state index in [2.05, 4.69) is 15.8 Å². The lowest BCUT2D eigenvalue weighted by molar-refractivity contribution is -0.126. The summed E-state index contributed by atoms with van der Waals surface area (Å²) in [6, 6.07) is 4.49. The van der Waals surface area contributed by atoms with Gasteiger partial charge in [0.2, 0.25) is 5.91 Å². The number of hydrogen-bond acceptors (Lipinski definition) is 3. The predicted molar refractivity (Wildman–Crippen MR) is 74.5 cm³/mol. The van der Waals surface area contributed by atoms with Gasteiger partial charge in [-0.25, -0.2) is 5.43 Å². The van der Waals surface area contributed by atoms with Crippen molar-refractivity contribution in [3.63, 3.8) is 0 Å². The third-order valence-electron chi connectivity index (χ3n) is 2.97. The highest BCUT2D eigenvalue weighted by molar-refractivity contribution is 6.31. The average Bonchev–Trinajstić information content (AvgIpc) is 2.40. The van der Waals surface area contributed by atoms with E-state index < -0.39 is 12.3 Å². The Labute approximate surface area is 124 Å². The molecule has 0 saturated heterocycles. The molecule has 21 heavy (non-hydrogen) atoms. The second kappa shape index (κ2) is 6.17. The van der Waals surface area contributed by atoms with Crippen molar-refractivity contribution in [2.75, 3.05) is 5.32 Å². The first kappa shape index (κ1) is 15.4. The molecule has 0 aromatic heterocycles. The summed E-state index contributed by atoms with van der Waals surface area (Å²) in [6.45, 7) is 1.78. The highest BCUT2D eigenvalue weighted by atomic mass is 35.5. The topological polar surface area (TPSA) is 70.6 Å². The summed E-state index contributed by atoms with van der Waals surface area (Å²) in [7, 11) is 0. The molecule has 1 unspecified atom stereocenters. The molecule has 5 nitrogen and oxygen atoms in total. The zero-order chi connectivity index (χ0) is 15.6. The van der Waals surface area contributed by atoms with E-state index in [1.165, 1.54) is 6.07 Å². The van der Waals surface area contributed by atoms with Crippen molar-refractivity contribution in [3.8, 4) is 0 Å². The monoisotopic (exact) mass is 315 g/mol. The summed E-state index contributed by atoms with van der Waals surface area (Å²) >= 11 is 5.83. The van der Waals surface area contributed by atoms with Gasteiger partial charge < -0.3 is 5.32 Å². The van der Waals surface area contributed by atoms with Crippen LogP contribution in [0.4, 0.5) is 14.5 Å². The number of carbonyl (C=O) groups is 2. The fraction of sp³-hybridized carbons (Fsp3) is 0.308. The van der Waals surface area contributed by atoms with Crippen LogP contribution < -0.4 is 10.7 Å². The Bertz CT molecular complexity index is 619. The zero-order valence-corrected chi connectivity index (χ0v) is 11.7. The number of nitrogens with zero attached hydrogens (tertiary/aromatic N) is 1. The second-order valence-corrected chi connectivity index (χ2v) is 5.05. The molecule has 0 bridgehead atoms. The molecule has 0 fully saturated rings. The van der Waals surface area contributed by atoms with E-state index in [4.69, 9.17) is 11.6 Å². The van der Waals surface area contributed by atoms with Crippen LogP contribution in [0.2, 0.25) is 5.02 Å². The van der Waals surface area contributed by atoms with Crippen LogP contribution in [-0.4, -0.2) is 24.0 Å². The molecule has 1 heterocycles. The van der Waals surface area contributed by atoms with E-state index in [1.807, 2.05) is 0 Å². The Kier molecular flexibility index (Phi) is 4.52. The molecule has 2 rings (SSSR count). The Morgan fingerprint density at radius 3 is 2.86 bits per heavy atom. The number of hydrogen-bond donors (Lipinski definition) is 2. The van der Waals surface area contributed by atoms with Crippen LogP contribution in [0.5, 0.6) is 0 Å². The van der Waals surface area contributed by atoms with Gasteiger partial charge >= 0.3 is 6.43 Å². The lowest BCUT2D eigenvalue weighted by atomic mass is 9.93.